The number of likely N-dealkylation sites (N-methyl/N-ethyl adjacent to an activating group) is 2. The van der Waals surface area contributed by atoms with Crippen LogP contribution in [0, 0.1) is 5.92 Å². The van der Waals surface area contributed by atoms with Gasteiger partial charge in [0.05, 0.1) is 0 Å². The second-order valence-corrected chi connectivity index (χ2v) is 5.13. The van der Waals surface area contributed by atoms with E-state index in [0.29, 0.717) is 19.5 Å². The Hall–Kier alpha value is -1.79. The Labute approximate surface area is 112 Å². The molecule has 0 aliphatic carbocycles. The van der Waals surface area contributed by atoms with Crippen molar-refractivity contribution in [1.29, 1.82) is 0 Å². The van der Waals surface area contributed by atoms with Gasteiger partial charge in [-0.15, -0.1) is 0 Å². The maximum Gasteiger partial charge on any atom is 0.320 e. The standard InChI is InChI=1S/C12H21N3O4/c1-13(2)10(16)8-14(3)12(19)15-5-4-9(7-15)6-11(17)18/h9H,4-8H2,1-3H3,(H,17,18). The highest BCUT2D eigenvalue weighted by atomic mass is 16.4. The van der Waals surface area contributed by atoms with Crippen LogP contribution < -0.4 is 0 Å². The molecular weight excluding hydrogens is 250 g/mol. The molecule has 1 heterocycles. The minimum absolute atomic E-state index is 0.0133. The first kappa shape index (κ1) is 15.3. The highest BCUT2D eigenvalue weighted by Crippen LogP contribution is 2.20. The van der Waals surface area contributed by atoms with E-state index in [1.165, 1.54) is 9.80 Å². The summed E-state index contributed by atoms with van der Waals surface area (Å²) < 4.78 is 0. The number of carboxylic acids is 1. The number of rotatable bonds is 4. The Morgan fingerprint density at radius 2 is 1.89 bits per heavy atom. The minimum Gasteiger partial charge on any atom is -0.481 e. The Kier molecular flexibility index (Phi) is 5.14. The van der Waals surface area contributed by atoms with Crippen LogP contribution in [0.25, 0.3) is 0 Å². The summed E-state index contributed by atoms with van der Waals surface area (Å²) in [5.41, 5.74) is 0. The van der Waals surface area contributed by atoms with Crippen LogP contribution in [0.1, 0.15) is 12.8 Å². The molecule has 1 fully saturated rings. The van der Waals surface area contributed by atoms with E-state index in [1.807, 2.05) is 0 Å². The van der Waals surface area contributed by atoms with Gasteiger partial charge in [0.2, 0.25) is 5.91 Å². The van der Waals surface area contributed by atoms with Crippen LogP contribution in [0.2, 0.25) is 0 Å². The van der Waals surface area contributed by atoms with E-state index in [0.717, 1.165) is 0 Å². The van der Waals surface area contributed by atoms with Gasteiger partial charge in [0, 0.05) is 40.7 Å². The Bertz CT molecular complexity index is 370. The molecule has 0 aromatic carbocycles. The molecule has 108 valence electrons. The summed E-state index contributed by atoms with van der Waals surface area (Å²) >= 11 is 0. The zero-order valence-corrected chi connectivity index (χ0v) is 11.6. The molecule has 1 rings (SSSR count). The fourth-order valence-corrected chi connectivity index (χ4v) is 2.07. The second-order valence-electron chi connectivity index (χ2n) is 5.13. The summed E-state index contributed by atoms with van der Waals surface area (Å²) in [7, 11) is 4.85. The first-order valence-corrected chi connectivity index (χ1v) is 6.23. The van der Waals surface area contributed by atoms with Gasteiger partial charge in [-0.05, 0) is 12.3 Å². The first-order chi connectivity index (χ1) is 8.81. The van der Waals surface area contributed by atoms with Crippen LogP contribution in [0.3, 0.4) is 0 Å². The predicted octanol–water partition coefficient (Wildman–Crippen LogP) is -0.0770. The number of hydrogen-bond donors (Lipinski definition) is 1. The zero-order valence-electron chi connectivity index (χ0n) is 11.6. The fraction of sp³-hybridized carbons (Fsp3) is 0.750. The third-order valence-corrected chi connectivity index (χ3v) is 3.22. The molecule has 1 N–H and O–H groups in total. The lowest BCUT2D eigenvalue weighted by Crippen LogP contribution is -2.44. The number of nitrogens with zero attached hydrogens (tertiary/aromatic N) is 3. The van der Waals surface area contributed by atoms with Crippen molar-refractivity contribution >= 4 is 17.9 Å². The lowest BCUT2D eigenvalue weighted by Gasteiger charge is -2.25. The van der Waals surface area contributed by atoms with E-state index < -0.39 is 5.97 Å². The van der Waals surface area contributed by atoms with Crippen molar-refractivity contribution in [1.82, 2.24) is 14.7 Å². The van der Waals surface area contributed by atoms with Gasteiger partial charge < -0.3 is 19.8 Å². The van der Waals surface area contributed by atoms with Crippen LogP contribution in [0.4, 0.5) is 4.79 Å². The highest BCUT2D eigenvalue weighted by Gasteiger charge is 2.29. The summed E-state index contributed by atoms with van der Waals surface area (Å²) in [5, 5.41) is 8.72. The van der Waals surface area contributed by atoms with E-state index >= 15 is 0 Å². The number of carbonyl (C=O) groups excluding carboxylic acids is 2. The largest absolute Gasteiger partial charge is 0.481 e. The van der Waals surface area contributed by atoms with E-state index in [2.05, 4.69) is 0 Å². The Balaban J connectivity index is 2.46. The van der Waals surface area contributed by atoms with Crippen molar-refractivity contribution in [2.24, 2.45) is 5.92 Å². The smallest absolute Gasteiger partial charge is 0.320 e. The molecule has 0 spiro atoms. The van der Waals surface area contributed by atoms with Crippen molar-refractivity contribution in [3.8, 4) is 0 Å². The molecule has 0 aromatic rings. The first-order valence-electron chi connectivity index (χ1n) is 6.23. The van der Waals surface area contributed by atoms with Gasteiger partial charge in [0.25, 0.3) is 0 Å². The number of urea groups is 1. The SMILES string of the molecule is CN(C)C(=O)CN(C)C(=O)N1CCC(CC(=O)O)C1. The summed E-state index contributed by atoms with van der Waals surface area (Å²) in [6, 6.07) is -0.219. The fourth-order valence-electron chi connectivity index (χ4n) is 2.07. The molecule has 0 aromatic heterocycles. The van der Waals surface area contributed by atoms with Crippen LogP contribution in [0.5, 0.6) is 0 Å². The molecule has 0 radical (unpaired) electrons. The average Bonchev–Trinajstić information content (AvgIpc) is 2.75. The molecule has 1 aliphatic heterocycles. The normalized spacial score (nSPS) is 18.3. The molecule has 7 nitrogen and oxygen atoms in total. The maximum absolute atomic E-state index is 12.1. The van der Waals surface area contributed by atoms with Gasteiger partial charge in [-0.1, -0.05) is 0 Å². The number of carboxylic acid groups (broad SMARTS) is 1. The monoisotopic (exact) mass is 271 g/mol. The molecule has 3 amide bonds. The number of carbonyl (C=O) groups is 3. The number of amides is 3. The molecule has 1 unspecified atom stereocenters. The number of aliphatic carboxylic acids is 1. The number of hydrogen-bond acceptors (Lipinski definition) is 3. The highest BCUT2D eigenvalue weighted by molar-refractivity contribution is 5.83. The van der Waals surface area contributed by atoms with Crippen LogP contribution in [-0.2, 0) is 9.59 Å². The van der Waals surface area contributed by atoms with Gasteiger partial charge in [-0.3, -0.25) is 9.59 Å². The van der Waals surface area contributed by atoms with E-state index in [-0.39, 0.29) is 30.8 Å². The third-order valence-electron chi connectivity index (χ3n) is 3.22. The van der Waals surface area contributed by atoms with Gasteiger partial charge >= 0.3 is 12.0 Å². The second kappa shape index (κ2) is 6.40. The van der Waals surface area contributed by atoms with Crippen molar-refractivity contribution in [2.75, 3.05) is 40.8 Å². The van der Waals surface area contributed by atoms with Crippen molar-refractivity contribution in [3.63, 3.8) is 0 Å². The average molecular weight is 271 g/mol. The molecule has 0 bridgehead atoms. The molecule has 1 aliphatic rings. The molecule has 0 saturated carbocycles. The molecule has 7 heteroatoms. The molecule has 1 saturated heterocycles. The molecule has 19 heavy (non-hydrogen) atoms. The minimum atomic E-state index is -0.838. The van der Waals surface area contributed by atoms with E-state index in [4.69, 9.17) is 5.11 Å². The lowest BCUT2D eigenvalue weighted by atomic mass is 10.1. The van der Waals surface area contributed by atoms with Gasteiger partial charge in [-0.2, -0.15) is 0 Å². The van der Waals surface area contributed by atoms with Crippen molar-refractivity contribution in [2.45, 2.75) is 12.8 Å². The van der Waals surface area contributed by atoms with Crippen LogP contribution in [-0.4, -0.2) is 78.5 Å². The molecular formula is C12H21N3O4. The zero-order chi connectivity index (χ0) is 14.6. The van der Waals surface area contributed by atoms with Gasteiger partial charge in [0.15, 0.2) is 0 Å². The Morgan fingerprint density at radius 1 is 1.26 bits per heavy atom. The number of likely N-dealkylation sites (tertiary alicyclic amines) is 1. The lowest BCUT2D eigenvalue weighted by molar-refractivity contribution is -0.138. The van der Waals surface area contributed by atoms with E-state index in [1.54, 1.807) is 26.0 Å². The van der Waals surface area contributed by atoms with Crippen molar-refractivity contribution in [3.05, 3.63) is 0 Å². The predicted molar refractivity (Wildman–Crippen MR) is 68.7 cm³/mol. The summed E-state index contributed by atoms with van der Waals surface area (Å²) in [4.78, 5) is 38.6. The van der Waals surface area contributed by atoms with Gasteiger partial charge in [-0.25, -0.2) is 4.79 Å². The summed E-state index contributed by atoms with van der Waals surface area (Å²) in [5.74, 6) is -0.966. The summed E-state index contributed by atoms with van der Waals surface area (Å²) in [6.07, 6.45) is 0.789. The van der Waals surface area contributed by atoms with Gasteiger partial charge in [0.1, 0.15) is 6.54 Å². The topological polar surface area (TPSA) is 81.2 Å². The van der Waals surface area contributed by atoms with Crippen molar-refractivity contribution < 1.29 is 19.5 Å². The molecule has 1 atom stereocenters. The maximum atomic E-state index is 12.1. The van der Waals surface area contributed by atoms with E-state index in [9.17, 15) is 14.4 Å². The third kappa shape index (κ3) is 4.42. The van der Waals surface area contributed by atoms with Crippen LogP contribution in [0.15, 0.2) is 0 Å². The Morgan fingerprint density at radius 3 is 2.42 bits per heavy atom. The quantitative estimate of drug-likeness (QED) is 0.775. The van der Waals surface area contributed by atoms with Crippen LogP contribution >= 0.6 is 0 Å². The summed E-state index contributed by atoms with van der Waals surface area (Å²) in [6.45, 7) is 1.04.